The summed E-state index contributed by atoms with van der Waals surface area (Å²) in [6.45, 7) is 5.16. The molecule has 1 heterocycles. The van der Waals surface area contributed by atoms with E-state index in [1.54, 1.807) is 6.07 Å². The van der Waals surface area contributed by atoms with Crippen LogP contribution in [0.2, 0.25) is 5.02 Å². The van der Waals surface area contributed by atoms with Crippen molar-refractivity contribution in [2.24, 2.45) is 0 Å². The molecule has 0 saturated carbocycles. The first-order chi connectivity index (χ1) is 9.93. The van der Waals surface area contributed by atoms with E-state index in [9.17, 15) is 13.2 Å². The van der Waals surface area contributed by atoms with E-state index in [2.05, 4.69) is 10.2 Å². The summed E-state index contributed by atoms with van der Waals surface area (Å²) in [5.41, 5.74) is -0.261. The Kier molecular flexibility index (Phi) is 5.52. The minimum Gasteiger partial charge on any atom is -0.314 e. The Balaban J connectivity index is 2.39. The molecule has 0 aromatic heterocycles. The smallest absolute Gasteiger partial charge is 0.314 e. The van der Waals surface area contributed by atoms with E-state index in [-0.39, 0.29) is 11.1 Å². The predicted molar refractivity (Wildman–Crippen MR) is 78.5 cm³/mol. The number of hydrogen-bond donors (Lipinski definition) is 1. The molecule has 1 aliphatic rings. The van der Waals surface area contributed by atoms with Crippen molar-refractivity contribution in [3.63, 3.8) is 0 Å². The van der Waals surface area contributed by atoms with E-state index >= 15 is 0 Å². The average molecular weight is 321 g/mol. The fraction of sp³-hybridized carbons (Fsp3) is 0.600. The van der Waals surface area contributed by atoms with Crippen molar-refractivity contribution in [1.29, 1.82) is 0 Å². The largest absolute Gasteiger partial charge is 0.416 e. The van der Waals surface area contributed by atoms with E-state index in [4.69, 9.17) is 11.6 Å². The lowest BCUT2D eigenvalue weighted by Crippen LogP contribution is -2.45. The number of nitrogens with one attached hydrogen (secondary N) is 1. The molecule has 1 aliphatic heterocycles. The van der Waals surface area contributed by atoms with Crippen LogP contribution >= 0.6 is 11.6 Å². The SMILES string of the molecule is CCC[C@@H](c1ccc(Cl)cc1C(F)(F)F)N1CCNCC1. The van der Waals surface area contributed by atoms with Gasteiger partial charge in [-0.3, -0.25) is 4.90 Å². The molecule has 1 saturated heterocycles. The topological polar surface area (TPSA) is 15.3 Å². The van der Waals surface area contributed by atoms with Crippen molar-refractivity contribution in [3.05, 3.63) is 34.3 Å². The van der Waals surface area contributed by atoms with Gasteiger partial charge in [0, 0.05) is 37.2 Å². The third-order valence-corrected chi connectivity index (χ3v) is 4.07. The maximum absolute atomic E-state index is 13.3. The summed E-state index contributed by atoms with van der Waals surface area (Å²) in [6, 6.07) is 3.93. The van der Waals surface area contributed by atoms with Gasteiger partial charge in [-0.2, -0.15) is 13.2 Å². The molecule has 0 amide bonds. The molecule has 0 spiro atoms. The second-order valence-corrected chi connectivity index (χ2v) is 5.76. The van der Waals surface area contributed by atoms with E-state index in [1.165, 1.54) is 6.07 Å². The first-order valence-electron chi connectivity index (χ1n) is 7.25. The molecule has 2 rings (SSSR count). The van der Waals surface area contributed by atoms with Gasteiger partial charge in [0.25, 0.3) is 0 Å². The van der Waals surface area contributed by atoms with Crippen LogP contribution in [0.25, 0.3) is 0 Å². The van der Waals surface area contributed by atoms with Crippen molar-refractivity contribution in [2.45, 2.75) is 32.0 Å². The van der Waals surface area contributed by atoms with Crippen LogP contribution < -0.4 is 5.32 Å². The molecular formula is C15H20ClF3N2. The molecule has 0 bridgehead atoms. The molecular weight excluding hydrogens is 301 g/mol. The summed E-state index contributed by atoms with van der Waals surface area (Å²) in [5.74, 6) is 0. The van der Waals surface area contributed by atoms with E-state index in [0.717, 1.165) is 38.7 Å². The highest BCUT2D eigenvalue weighted by Gasteiger charge is 2.36. The summed E-state index contributed by atoms with van der Waals surface area (Å²) >= 11 is 5.77. The highest BCUT2D eigenvalue weighted by molar-refractivity contribution is 6.30. The van der Waals surface area contributed by atoms with Gasteiger partial charge in [0.05, 0.1) is 5.56 Å². The van der Waals surface area contributed by atoms with Crippen molar-refractivity contribution >= 4 is 11.6 Å². The molecule has 118 valence electrons. The third kappa shape index (κ3) is 4.11. The monoisotopic (exact) mass is 320 g/mol. The Labute approximate surface area is 128 Å². The molecule has 1 aromatic carbocycles. The quantitative estimate of drug-likeness (QED) is 0.898. The zero-order valence-corrected chi connectivity index (χ0v) is 12.8. The van der Waals surface area contributed by atoms with Crippen LogP contribution in [-0.2, 0) is 6.18 Å². The van der Waals surface area contributed by atoms with Crippen LogP contribution in [0.15, 0.2) is 18.2 Å². The van der Waals surface area contributed by atoms with Gasteiger partial charge in [-0.1, -0.05) is 31.0 Å². The van der Waals surface area contributed by atoms with Gasteiger partial charge < -0.3 is 5.32 Å². The summed E-state index contributed by atoms with van der Waals surface area (Å²) in [6.07, 6.45) is -2.82. The number of piperazine rings is 1. The van der Waals surface area contributed by atoms with Crippen LogP contribution in [0, 0.1) is 0 Å². The Morgan fingerprint density at radius 3 is 2.52 bits per heavy atom. The number of halogens is 4. The highest BCUT2D eigenvalue weighted by atomic mass is 35.5. The lowest BCUT2D eigenvalue weighted by Gasteiger charge is -2.36. The van der Waals surface area contributed by atoms with Gasteiger partial charge in [-0.05, 0) is 24.1 Å². The van der Waals surface area contributed by atoms with Gasteiger partial charge in [0.1, 0.15) is 0 Å². The number of rotatable bonds is 4. The second-order valence-electron chi connectivity index (χ2n) is 5.32. The number of hydrogen-bond acceptors (Lipinski definition) is 2. The predicted octanol–water partition coefficient (Wildman–Crippen LogP) is 4.11. The lowest BCUT2D eigenvalue weighted by molar-refractivity contribution is -0.138. The van der Waals surface area contributed by atoms with Crippen molar-refractivity contribution in [3.8, 4) is 0 Å². The normalized spacial score (nSPS) is 18.7. The van der Waals surface area contributed by atoms with Crippen LogP contribution in [0.4, 0.5) is 13.2 Å². The Hall–Kier alpha value is -0.780. The molecule has 6 heteroatoms. The minimum absolute atomic E-state index is 0.127. The fourth-order valence-corrected chi connectivity index (χ4v) is 3.04. The standard InChI is InChI=1S/C15H20ClF3N2/c1-2-3-14(21-8-6-20-7-9-21)12-5-4-11(16)10-13(12)15(17,18)19/h4-5,10,14,20H,2-3,6-9H2,1H3/t14-/m0/s1. The van der Waals surface area contributed by atoms with Gasteiger partial charge in [-0.25, -0.2) is 0 Å². The molecule has 1 fully saturated rings. The van der Waals surface area contributed by atoms with Crippen LogP contribution in [0.3, 0.4) is 0 Å². The summed E-state index contributed by atoms with van der Waals surface area (Å²) < 4.78 is 39.9. The van der Waals surface area contributed by atoms with Crippen molar-refractivity contribution < 1.29 is 13.2 Å². The number of nitrogens with zero attached hydrogens (tertiary/aromatic N) is 1. The zero-order chi connectivity index (χ0) is 15.5. The van der Waals surface area contributed by atoms with Crippen LogP contribution in [-0.4, -0.2) is 31.1 Å². The average Bonchev–Trinajstić information content (AvgIpc) is 2.45. The van der Waals surface area contributed by atoms with Crippen molar-refractivity contribution in [1.82, 2.24) is 10.2 Å². The molecule has 0 radical (unpaired) electrons. The lowest BCUT2D eigenvalue weighted by atomic mass is 9.94. The van der Waals surface area contributed by atoms with Gasteiger partial charge in [0.15, 0.2) is 0 Å². The molecule has 1 atom stereocenters. The van der Waals surface area contributed by atoms with E-state index in [0.29, 0.717) is 12.0 Å². The van der Waals surface area contributed by atoms with Crippen LogP contribution in [0.1, 0.15) is 36.9 Å². The summed E-state index contributed by atoms with van der Waals surface area (Å²) in [7, 11) is 0. The first kappa shape index (κ1) is 16.6. The Morgan fingerprint density at radius 2 is 1.95 bits per heavy atom. The number of alkyl halides is 3. The second kappa shape index (κ2) is 6.99. The first-order valence-corrected chi connectivity index (χ1v) is 7.62. The Bertz CT molecular complexity index is 470. The molecule has 21 heavy (non-hydrogen) atoms. The highest BCUT2D eigenvalue weighted by Crippen LogP contribution is 2.39. The number of benzene rings is 1. The summed E-state index contributed by atoms with van der Waals surface area (Å²) in [4.78, 5) is 2.14. The van der Waals surface area contributed by atoms with E-state index in [1.807, 2.05) is 6.92 Å². The van der Waals surface area contributed by atoms with Gasteiger partial charge >= 0.3 is 6.18 Å². The Morgan fingerprint density at radius 1 is 1.29 bits per heavy atom. The summed E-state index contributed by atoms with van der Waals surface area (Å²) in [5, 5.41) is 3.36. The molecule has 2 nitrogen and oxygen atoms in total. The van der Waals surface area contributed by atoms with Crippen LogP contribution in [0.5, 0.6) is 0 Å². The molecule has 1 aromatic rings. The third-order valence-electron chi connectivity index (χ3n) is 3.83. The fourth-order valence-electron chi connectivity index (χ4n) is 2.87. The van der Waals surface area contributed by atoms with E-state index < -0.39 is 11.7 Å². The molecule has 0 aliphatic carbocycles. The van der Waals surface area contributed by atoms with Crippen molar-refractivity contribution in [2.75, 3.05) is 26.2 Å². The maximum atomic E-state index is 13.3. The molecule has 1 N–H and O–H groups in total. The zero-order valence-electron chi connectivity index (χ0n) is 12.0. The van der Waals surface area contributed by atoms with Gasteiger partial charge in [-0.15, -0.1) is 0 Å². The molecule has 0 unspecified atom stereocenters. The maximum Gasteiger partial charge on any atom is 0.416 e. The van der Waals surface area contributed by atoms with Gasteiger partial charge in [0.2, 0.25) is 0 Å². The minimum atomic E-state index is -4.37.